The summed E-state index contributed by atoms with van der Waals surface area (Å²) >= 11 is 0. The summed E-state index contributed by atoms with van der Waals surface area (Å²) in [6.07, 6.45) is 3.18. The van der Waals surface area contributed by atoms with Gasteiger partial charge in [0.1, 0.15) is 0 Å². The molecule has 6 nitrogen and oxygen atoms in total. The van der Waals surface area contributed by atoms with E-state index >= 15 is 0 Å². The first kappa shape index (κ1) is 17.4. The van der Waals surface area contributed by atoms with Gasteiger partial charge >= 0.3 is 5.97 Å². The van der Waals surface area contributed by atoms with Crippen LogP contribution < -0.4 is 0 Å². The SMILES string of the molecule is CC(C)=CCCN1CCN(CCC(=O)O)[C@@H]2CS(=O)(=O)C[C@@H]21. The highest BCUT2D eigenvalue weighted by Crippen LogP contribution is 2.27. The molecule has 0 spiro atoms. The van der Waals surface area contributed by atoms with Gasteiger partial charge in [-0.3, -0.25) is 14.6 Å². The van der Waals surface area contributed by atoms with E-state index in [-0.39, 0.29) is 30.0 Å². The summed E-state index contributed by atoms with van der Waals surface area (Å²) in [5.41, 5.74) is 1.27. The fraction of sp³-hybridized carbons (Fsp3) is 0.800. The Morgan fingerprint density at radius 2 is 1.68 bits per heavy atom. The van der Waals surface area contributed by atoms with Crippen molar-refractivity contribution in [2.45, 2.75) is 38.8 Å². The van der Waals surface area contributed by atoms with E-state index in [0.717, 1.165) is 26.1 Å². The Labute approximate surface area is 132 Å². The predicted molar refractivity (Wildman–Crippen MR) is 85.7 cm³/mol. The van der Waals surface area contributed by atoms with Gasteiger partial charge in [0.25, 0.3) is 0 Å². The van der Waals surface area contributed by atoms with Crippen molar-refractivity contribution in [3.8, 4) is 0 Å². The summed E-state index contributed by atoms with van der Waals surface area (Å²) in [6, 6.07) is -0.0390. The van der Waals surface area contributed by atoms with Crippen molar-refractivity contribution in [2.75, 3.05) is 37.7 Å². The van der Waals surface area contributed by atoms with Crippen LogP contribution in [0.3, 0.4) is 0 Å². The van der Waals surface area contributed by atoms with E-state index in [4.69, 9.17) is 5.11 Å². The number of hydrogen-bond donors (Lipinski definition) is 1. The molecular weight excluding hydrogens is 304 g/mol. The Balaban J connectivity index is 2.03. The van der Waals surface area contributed by atoms with Crippen LogP contribution in [-0.4, -0.2) is 79.1 Å². The summed E-state index contributed by atoms with van der Waals surface area (Å²) < 4.78 is 24.1. The first-order valence-electron chi connectivity index (χ1n) is 7.82. The van der Waals surface area contributed by atoms with Gasteiger partial charge in [-0.15, -0.1) is 0 Å². The van der Waals surface area contributed by atoms with Gasteiger partial charge in [-0.25, -0.2) is 8.42 Å². The average molecular weight is 330 g/mol. The molecule has 2 fully saturated rings. The molecule has 2 saturated heterocycles. The van der Waals surface area contributed by atoms with Crippen LogP contribution in [0.4, 0.5) is 0 Å². The van der Waals surface area contributed by atoms with Crippen molar-refractivity contribution in [1.29, 1.82) is 0 Å². The molecule has 0 saturated carbocycles. The molecule has 2 atom stereocenters. The van der Waals surface area contributed by atoms with E-state index in [2.05, 4.69) is 29.7 Å². The molecule has 0 radical (unpaired) electrons. The minimum absolute atomic E-state index is 0.0121. The highest BCUT2D eigenvalue weighted by Gasteiger charge is 2.46. The maximum Gasteiger partial charge on any atom is 0.304 e. The van der Waals surface area contributed by atoms with Crippen molar-refractivity contribution >= 4 is 15.8 Å². The summed E-state index contributed by atoms with van der Waals surface area (Å²) in [5.74, 6) is -0.463. The van der Waals surface area contributed by atoms with E-state index in [9.17, 15) is 13.2 Å². The minimum atomic E-state index is -3.02. The maximum absolute atomic E-state index is 12.0. The number of aliphatic carboxylic acids is 1. The van der Waals surface area contributed by atoms with E-state index in [1.165, 1.54) is 5.57 Å². The number of allylic oxidation sites excluding steroid dienone is 1. The summed E-state index contributed by atoms with van der Waals surface area (Å²) in [6.45, 7) is 6.99. The van der Waals surface area contributed by atoms with Gasteiger partial charge in [0.05, 0.1) is 17.9 Å². The molecule has 0 aromatic carbocycles. The second-order valence-corrected chi connectivity index (χ2v) is 8.65. The van der Waals surface area contributed by atoms with Crippen LogP contribution in [0.25, 0.3) is 0 Å². The summed E-state index contributed by atoms with van der Waals surface area (Å²) in [7, 11) is -3.02. The van der Waals surface area contributed by atoms with Crippen molar-refractivity contribution in [3.63, 3.8) is 0 Å². The molecule has 2 aliphatic rings. The van der Waals surface area contributed by atoms with Gasteiger partial charge in [0.2, 0.25) is 0 Å². The van der Waals surface area contributed by atoms with Gasteiger partial charge < -0.3 is 5.11 Å². The third kappa shape index (κ3) is 4.54. The number of carbonyl (C=O) groups is 1. The lowest BCUT2D eigenvalue weighted by Gasteiger charge is -2.43. The molecule has 2 heterocycles. The lowest BCUT2D eigenvalue weighted by Crippen LogP contribution is -2.59. The van der Waals surface area contributed by atoms with Crippen molar-refractivity contribution in [2.24, 2.45) is 0 Å². The van der Waals surface area contributed by atoms with E-state index < -0.39 is 15.8 Å². The van der Waals surface area contributed by atoms with Crippen molar-refractivity contribution in [3.05, 3.63) is 11.6 Å². The Kier molecular flexibility index (Phi) is 5.63. The minimum Gasteiger partial charge on any atom is -0.481 e. The van der Waals surface area contributed by atoms with Crippen molar-refractivity contribution < 1.29 is 18.3 Å². The van der Waals surface area contributed by atoms with Gasteiger partial charge in [-0.2, -0.15) is 0 Å². The summed E-state index contributed by atoms with van der Waals surface area (Å²) in [4.78, 5) is 15.1. The lowest BCUT2D eigenvalue weighted by atomic mass is 10.0. The largest absolute Gasteiger partial charge is 0.481 e. The lowest BCUT2D eigenvalue weighted by molar-refractivity contribution is -0.137. The number of nitrogens with zero attached hydrogens (tertiary/aromatic N) is 2. The molecule has 7 heteroatoms. The molecule has 2 rings (SSSR count). The van der Waals surface area contributed by atoms with Crippen LogP contribution in [0, 0.1) is 0 Å². The average Bonchev–Trinajstić information content (AvgIpc) is 2.72. The standard InChI is InChI=1S/C15H26N2O4S/c1-12(2)4-3-6-16-8-9-17(7-5-15(18)19)14-11-22(20,21)10-13(14)16/h4,13-14H,3,5-11H2,1-2H3,(H,18,19)/t13-,14+/m0/s1. The first-order valence-corrected chi connectivity index (χ1v) is 9.64. The highest BCUT2D eigenvalue weighted by molar-refractivity contribution is 7.91. The van der Waals surface area contributed by atoms with Crippen LogP contribution >= 0.6 is 0 Å². The molecular formula is C15H26N2O4S. The first-order chi connectivity index (χ1) is 10.3. The second-order valence-electron chi connectivity index (χ2n) is 6.50. The molecule has 22 heavy (non-hydrogen) atoms. The van der Waals surface area contributed by atoms with E-state index in [0.29, 0.717) is 6.54 Å². The number of hydrogen-bond acceptors (Lipinski definition) is 5. The normalized spacial score (nSPS) is 28.3. The van der Waals surface area contributed by atoms with Crippen LogP contribution in [0.1, 0.15) is 26.7 Å². The molecule has 0 amide bonds. The van der Waals surface area contributed by atoms with Crippen LogP contribution in [-0.2, 0) is 14.6 Å². The fourth-order valence-corrected chi connectivity index (χ4v) is 5.45. The molecule has 0 unspecified atom stereocenters. The smallest absolute Gasteiger partial charge is 0.304 e. The molecule has 0 aromatic rings. The Morgan fingerprint density at radius 3 is 2.18 bits per heavy atom. The Hall–Kier alpha value is -0.920. The number of rotatable bonds is 6. The van der Waals surface area contributed by atoms with E-state index in [1.54, 1.807) is 0 Å². The van der Waals surface area contributed by atoms with Gasteiger partial charge in [0, 0.05) is 38.3 Å². The summed E-state index contributed by atoms with van der Waals surface area (Å²) in [5, 5.41) is 8.85. The molecule has 126 valence electrons. The zero-order valence-corrected chi connectivity index (χ0v) is 14.2. The molecule has 0 bridgehead atoms. The molecule has 0 aliphatic carbocycles. The highest BCUT2D eigenvalue weighted by atomic mass is 32.2. The zero-order valence-electron chi connectivity index (χ0n) is 13.4. The van der Waals surface area contributed by atoms with Crippen LogP contribution in [0.5, 0.6) is 0 Å². The number of sulfone groups is 1. The third-order valence-electron chi connectivity index (χ3n) is 4.49. The Bertz CT molecular complexity index is 540. The van der Waals surface area contributed by atoms with Crippen molar-refractivity contribution in [1.82, 2.24) is 9.80 Å². The maximum atomic E-state index is 12.0. The Morgan fingerprint density at radius 1 is 1.14 bits per heavy atom. The van der Waals surface area contributed by atoms with Gasteiger partial charge in [-0.05, 0) is 20.3 Å². The number of carboxylic acids is 1. The fourth-order valence-electron chi connectivity index (χ4n) is 3.41. The molecule has 0 aromatic heterocycles. The van der Waals surface area contributed by atoms with Gasteiger partial charge in [-0.1, -0.05) is 11.6 Å². The zero-order chi connectivity index (χ0) is 16.3. The third-order valence-corrected chi connectivity index (χ3v) is 6.19. The molecule has 1 N–H and O–H groups in total. The second kappa shape index (κ2) is 7.10. The van der Waals surface area contributed by atoms with Crippen LogP contribution in [0.2, 0.25) is 0 Å². The number of fused-ring (bicyclic) bond motifs is 1. The van der Waals surface area contributed by atoms with Gasteiger partial charge in [0.15, 0.2) is 9.84 Å². The number of carboxylic acid groups (broad SMARTS) is 1. The number of piperazine rings is 1. The van der Waals surface area contributed by atoms with Crippen LogP contribution in [0.15, 0.2) is 11.6 Å². The predicted octanol–water partition coefficient (Wildman–Crippen LogP) is 0.601. The monoisotopic (exact) mass is 330 g/mol. The topological polar surface area (TPSA) is 77.9 Å². The van der Waals surface area contributed by atoms with E-state index in [1.807, 2.05) is 0 Å². The molecule has 2 aliphatic heterocycles. The quantitative estimate of drug-likeness (QED) is 0.719.